The summed E-state index contributed by atoms with van der Waals surface area (Å²) in [5.41, 5.74) is 1.53. The molecule has 4 heteroatoms. The highest BCUT2D eigenvalue weighted by Crippen LogP contribution is 2.36. The molecular weight excluding hydrogens is 300 g/mol. The van der Waals surface area contributed by atoms with E-state index in [9.17, 15) is 9.59 Å². The second-order valence-electron chi connectivity index (χ2n) is 7.42. The van der Waals surface area contributed by atoms with Crippen LogP contribution in [-0.2, 0) is 4.79 Å². The maximum absolute atomic E-state index is 13.0. The van der Waals surface area contributed by atoms with E-state index in [0.717, 1.165) is 30.7 Å². The van der Waals surface area contributed by atoms with Gasteiger partial charge in [0.1, 0.15) is 6.04 Å². The number of hydrogen-bond acceptors (Lipinski definition) is 2. The third-order valence-electron chi connectivity index (χ3n) is 5.67. The predicted octanol–water partition coefficient (Wildman–Crippen LogP) is 3.68. The predicted molar refractivity (Wildman–Crippen MR) is 94.7 cm³/mol. The largest absolute Gasteiger partial charge is 0.351 e. The summed E-state index contributed by atoms with van der Waals surface area (Å²) in [7, 11) is 0. The summed E-state index contributed by atoms with van der Waals surface area (Å²) >= 11 is 0. The summed E-state index contributed by atoms with van der Waals surface area (Å²) in [4.78, 5) is 27.6. The standard InChI is InChI=1S/C20H28N2O2/c1-4-14(3)22-18(16-7-5-6-8-17(16)20(22)24)19(23)21-15-11-9-13(2)10-12-15/h5-8,13-15,18H,4,9-12H2,1-3H3,(H,21,23). The van der Waals surface area contributed by atoms with Crippen molar-refractivity contribution in [3.8, 4) is 0 Å². The second kappa shape index (κ2) is 6.96. The van der Waals surface area contributed by atoms with Crippen molar-refractivity contribution in [2.75, 3.05) is 0 Å². The molecule has 1 saturated carbocycles. The molecule has 1 aromatic carbocycles. The number of amides is 2. The Kier molecular flexibility index (Phi) is 4.93. The first-order valence-corrected chi connectivity index (χ1v) is 9.24. The zero-order chi connectivity index (χ0) is 17.3. The third-order valence-corrected chi connectivity index (χ3v) is 5.67. The fourth-order valence-electron chi connectivity index (χ4n) is 3.94. The Labute approximate surface area is 144 Å². The van der Waals surface area contributed by atoms with Crippen molar-refractivity contribution < 1.29 is 9.59 Å². The summed E-state index contributed by atoms with van der Waals surface area (Å²) < 4.78 is 0. The number of carbonyl (C=O) groups is 2. The molecule has 1 N–H and O–H groups in total. The quantitative estimate of drug-likeness (QED) is 0.916. The van der Waals surface area contributed by atoms with Crippen LogP contribution >= 0.6 is 0 Å². The van der Waals surface area contributed by atoms with E-state index in [1.165, 1.54) is 12.8 Å². The zero-order valence-corrected chi connectivity index (χ0v) is 14.9. The second-order valence-corrected chi connectivity index (χ2v) is 7.42. The molecule has 0 saturated heterocycles. The summed E-state index contributed by atoms with van der Waals surface area (Å²) in [6, 6.07) is 7.35. The lowest BCUT2D eigenvalue weighted by Crippen LogP contribution is -2.46. The Balaban J connectivity index is 1.82. The molecule has 1 heterocycles. The van der Waals surface area contributed by atoms with Crippen LogP contribution < -0.4 is 5.32 Å². The Morgan fingerprint density at radius 1 is 1.25 bits per heavy atom. The molecule has 0 spiro atoms. The van der Waals surface area contributed by atoms with Gasteiger partial charge in [-0.2, -0.15) is 0 Å². The number of carbonyl (C=O) groups excluding carboxylic acids is 2. The molecule has 0 aromatic heterocycles. The highest BCUT2D eigenvalue weighted by atomic mass is 16.2. The minimum absolute atomic E-state index is 0.0163. The van der Waals surface area contributed by atoms with Gasteiger partial charge in [0.05, 0.1) is 0 Å². The Bertz CT molecular complexity index is 620. The average Bonchev–Trinajstić information content (AvgIpc) is 2.89. The molecule has 3 rings (SSSR count). The number of nitrogens with one attached hydrogen (secondary N) is 1. The van der Waals surface area contributed by atoms with Crippen LogP contribution in [-0.4, -0.2) is 28.8 Å². The van der Waals surface area contributed by atoms with Crippen LogP contribution in [0.25, 0.3) is 0 Å². The van der Waals surface area contributed by atoms with Crippen molar-refractivity contribution in [3.63, 3.8) is 0 Å². The third kappa shape index (κ3) is 3.06. The van der Waals surface area contributed by atoms with Crippen LogP contribution in [0.5, 0.6) is 0 Å². The average molecular weight is 328 g/mol. The number of nitrogens with zero attached hydrogens (tertiary/aromatic N) is 1. The molecule has 2 amide bonds. The van der Waals surface area contributed by atoms with Crippen molar-refractivity contribution >= 4 is 11.8 Å². The lowest BCUT2D eigenvalue weighted by molar-refractivity contribution is -0.127. The zero-order valence-electron chi connectivity index (χ0n) is 14.9. The molecule has 1 fully saturated rings. The first-order chi connectivity index (χ1) is 11.5. The molecule has 2 unspecified atom stereocenters. The van der Waals surface area contributed by atoms with E-state index in [-0.39, 0.29) is 23.9 Å². The van der Waals surface area contributed by atoms with Crippen LogP contribution in [0.3, 0.4) is 0 Å². The Hall–Kier alpha value is -1.84. The Morgan fingerprint density at radius 2 is 1.92 bits per heavy atom. The van der Waals surface area contributed by atoms with Gasteiger partial charge in [-0.05, 0) is 56.6 Å². The number of fused-ring (bicyclic) bond motifs is 1. The highest BCUT2D eigenvalue weighted by molar-refractivity contribution is 6.04. The lowest BCUT2D eigenvalue weighted by atomic mass is 9.87. The van der Waals surface area contributed by atoms with E-state index >= 15 is 0 Å². The van der Waals surface area contributed by atoms with E-state index in [4.69, 9.17) is 0 Å². The lowest BCUT2D eigenvalue weighted by Gasteiger charge is -2.33. The first-order valence-electron chi connectivity index (χ1n) is 9.24. The van der Waals surface area contributed by atoms with E-state index in [1.54, 1.807) is 4.90 Å². The van der Waals surface area contributed by atoms with Gasteiger partial charge >= 0.3 is 0 Å². The fourth-order valence-corrected chi connectivity index (χ4v) is 3.94. The molecule has 24 heavy (non-hydrogen) atoms. The van der Waals surface area contributed by atoms with Gasteiger partial charge in [0.2, 0.25) is 5.91 Å². The topological polar surface area (TPSA) is 49.4 Å². The molecule has 4 nitrogen and oxygen atoms in total. The van der Waals surface area contributed by atoms with Gasteiger partial charge in [-0.3, -0.25) is 9.59 Å². The number of benzene rings is 1. The number of rotatable bonds is 4. The van der Waals surface area contributed by atoms with Crippen LogP contribution in [0.2, 0.25) is 0 Å². The van der Waals surface area contributed by atoms with Crippen molar-refractivity contribution in [2.24, 2.45) is 5.92 Å². The molecular formula is C20H28N2O2. The normalized spacial score (nSPS) is 27.7. The first kappa shape index (κ1) is 17.0. The molecule has 1 aliphatic carbocycles. The van der Waals surface area contributed by atoms with Gasteiger partial charge < -0.3 is 10.2 Å². The molecule has 130 valence electrons. The maximum Gasteiger partial charge on any atom is 0.255 e. The van der Waals surface area contributed by atoms with Gasteiger partial charge in [-0.25, -0.2) is 0 Å². The SMILES string of the molecule is CCC(C)N1C(=O)c2ccccc2C1C(=O)NC1CCC(C)CC1. The monoisotopic (exact) mass is 328 g/mol. The highest BCUT2D eigenvalue weighted by Gasteiger charge is 2.43. The van der Waals surface area contributed by atoms with Crippen molar-refractivity contribution in [3.05, 3.63) is 35.4 Å². The van der Waals surface area contributed by atoms with Crippen LogP contribution in [0, 0.1) is 5.92 Å². The van der Waals surface area contributed by atoms with Crippen molar-refractivity contribution in [1.82, 2.24) is 10.2 Å². The summed E-state index contributed by atoms with van der Waals surface area (Å²) in [5.74, 6) is 0.717. The van der Waals surface area contributed by atoms with E-state index < -0.39 is 6.04 Å². The van der Waals surface area contributed by atoms with Crippen LogP contribution in [0.1, 0.15) is 74.8 Å². The molecule has 2 aliphatic rings. The van der Waals surface area contributed by atoms with Crippen molar-refractivity contribution in [1.29, 1.82) is 0 Å². The van der Waals surface area contributed by atoms with E-state index in [0.29, 0.717) is 5.56 Å². The molecule has 0 radical (unpaired) electrons. The van der Waals surface area contributed by atoms with Crippen molar-refractivity contribution in [2.45, 2.75) is 71.0 Å². The van der Waals surface area contributed by atoms with Gasteiger partial charge in [-0.15, -0.1) is 0 Å². The number of hydrogen-bond donors (Lipinski definition) is 1. The van der Waals surface area contributed by atoms with E-state index in [2.05, 4.69) is 19.2 Å². The maximum atomic E-state index is 13.0. The van der Waals surface area contributed by atoms with Crippen LogP contribution in [0.4, 0.5) is 0 Å². The molecule has 2 atom stereocenters. The van der Waals surface area contributed by atoms with Gasteiger partial charge in [0.15, 0.2) is 0 Å². The smallest absolute Gasteiger partial charge is 0.255 e. The molecule has 1 aliphatic heterocycles. The summed E-state index contributed by atoms with van der Waals surface area (Å²) in [6.45, 7) is 6.35. The van der Waals surface area contributed by atoms with E-state index in [1.807, 2.05) is 31.2 Å². The fraction of sp³-hybridized carbons (Fsp3) is 0.600. The minimum atomic E-state index is -0.483. The summed E-state index contributed by atoms with van der Waals surface area (Å²) in [6.07, 6.45) is 5.25. The molecule has 0 bridgehead atoms. The molecule has 1 aromatic rings. The van der Waals surface area contributed by atoms with Gasteiger partial charge in [0.25, 0.3) is 5.91 Å². The summed E-state index contributed by atoms with van der Waals surface area (Å²) in [5, 5.41) is 3.22. The minimum Gasteiger partial charge on any atom is -0.351 e. The Morgan fingerprint density at radius 3 is 2.58 bits per heavy atom. The van der Waals surface area contributed by atoms with Gasteiger partial charge in [-0.1, -0.05) is 32.0 Å². The van der Waals surface area contributed by atoms with Crippen LogP contribution in [0.15, 0.2) is 24.3 Å². The van der Waals surface area contributed by atoms with Gasteiger partial charge in [0, 0.05) is 17.6 Å².